The van der Waals surface area contributed by atoms with Crippen LogP contribution in [-0.2, 0) is 0 Å². The smallest absolute Gasteiger partial charge is 0.306 e. The van der Waals surface area contributed by atoms with Crippen molar-refractivity contribution in [3.05, 3.63) is 0 Å². The van der Waals surface area contributed by atoms with E-state index < -0.39 is 12.2 Å². The zero-order chi connectivity index (χ0) is 8.20. The van der Waals surface area contributed by atoms with Gasteiger partial charge in [0.25, 0.3) is 0 Å². The van der Waals surface area contributed by atoms with Gasteiger partial charge in [0.15, 0.2) is 0 Å². The number of nitrogens with one attached hydrogen (secondary N) is 1. The fourth-order valence-electron chi connectivity index (χ4n) is 0.738. The summed E-state index contributed by atoms with van der Waals surface area (Å²) in [5.74, 6) is 0. The second-order valence-corrected chi connectivity index (χ2v) is 2.06. The van der Waals surface area contributed by atoms with Gasteiger partial charge < -0.3 is 5.32 Å². The van der Waals surface area contributed by atoms with Crippen molar-refractivity contribution in [1.82, 2.24) is 5.32 Å². The lowest BCUT2D eigenvalue weighted by Crippen LogP contribution is -2.41. The van der Waals surface area contributed by atoms with Crippen LogP contribution in [0.1, 0.15) is 20.3 Å². The van der Waals surface area contributed by atoms with Crippen molar-refractivity contribution in [3.63, 3.8) is 0 Å². The molecule has 0 spiro atoms. The summed E-state index contributed by atoms with van der Waals surface area (Å²) in [5.41, 5.74) is 0. The van der Waals surface area contributed by atoms with Crippen LogP contribution in [-0.4, -0.2) is 18.8 Å². The Bertz CT molecular complexity index is 89.5. The third kappa shape index (κ3) is 3.06. The van der Waals surface area contributed by atoms with Crippen molar-refractivity contribution in [2.45, 2.75) is 32.5 Å². The van der Waals surface area contributed by atoms with Gasteiger partial charge in [-0.2, -0.15) is 13.2 Å². The summed E-state index contributed by atoms with van der Waals surface area (Å²) in [7, 11) is 0. The van der Waals surface area contributed by atoms with Crippen molar-refractivity contribution in [2.24, 2.45) is 0 Å². The summed E-state index contributed by atoms with van der Waals surface area (Å²) in [6.07, 6.45) is -4.00. The molecule has 0 aromatic carbocycles. The Balaban J connectivity index is 3.81. The molecule has 1 atom stereocenters. The minimum Gasteiger partial charge on any atom is -0.306 e. The highest BCUT2D eigenvalue weighted by atomic mass is 19.4. The molecule has 10 heavy (non-hydrogen) atoms. The molecule has 0 aliphatic carbocycles. The second kappa shape index (κ2) is 3.81. The first-order valence-electron chi connectivity index (χ1n) is 3.32. The minimum absolute atomic E-state index is 0.0946. The van der Waals surface area contributed by atoms with Crippen LogP contribution >= 0.6 is 0 Å². The Labute approximate surface area is 58.6 Å². The van der Waals surface area contributed by atoms with Crippen molar-refractivity contribution in [3.8, 4) is 0 Å². The van der Waals surface area contributed by atoms with Crippen LogP contribution in [0.4, 0.5) is 13.2 Å². The van der Waals surface area contributed by atoms with Gasteiger partial charge in [0.2, 0.25) is 0 Å². The lowest BCUT2D eigenvalue weighted by atomic mass is 10.2. The molecule has 4 heteroatoms. The molecule has 0 aromatic rings. The highest BCUT2D eigenvalue weighted by Crippen LogP contribution is 2.21. The van der Waals surface area contributed by atoms with Gasteiger partial charge in [-0.1, -0.05) is 13.8 Å². The maximum atomic E-state index is 11.8. The molecule has 0 aromatic heterocycles. The summed E-state index contributed by atoms with van der Waals surface area (Å²) >= 11 is 0. The van der Waals surface area contributed by atoms with Gasteiger partial charge >= 0.3 is 6.18 Å². The lowest BCUT2D eigenvalue weighted by Gasteiger charge is -2.18. The second-order valence-electron chi connectivity index (χ2n) is 2.06. The molecule has 0 saturated carbocycles. The summed E-state index contributed by atoms with van der Waals surface area (Å²) in [6, 6.07) is -1.34. The van der Waals surface area contributed by atoms with Crippen LogP contribution in [0.2, 0.25) is 0 Å². The van der Waals surface area contributed by atoms with E-state index in [-0.39, 0.29) is 6.42 Å². The Morgan fingerprint density at radius 1 is 1.30 bits per heavy atom. The van der Waals surface area contributed by atoms with Gasteiger partial charge in [0.05, 0.1) is 0 Å². The molecule has 1 nitrogen and oxygen atoms in total. The van der Waals surface area contributed by atoms with Crippen molar-refractivity contribution in [1.29, 1.82) is 0 Å². The van der Waals surface area contributed by atoms with E-state index in [9.17, 15) is 13.2 Å². The van der Waals surface area contributed by atoms with Crippen LogP contribution in [0, 0.1) is 0 Å². The van der Waals surface area contributed by atoms with Gasteiger partial charge in [0, 0.05) is 0 Å². The van der Waals surface area contributed by atoms with E-state index >= 15 is 0 Å². The monoisotopic (exact) mass is 155 g/mol. The summed E-state index contributed by atoms with van der Waals surface area (Å²) in [6.45, 7) is 3.53. The summed E-state index contributed by atoms with van der Waals surface area (Å²) in [4.78, 5) is 0. The third-order valence-electron chi connectivity index (χ3n) is 1.25. The molecule has 0 bridgehead atoms. The Hall–Kier alpha value is -0.250. The van der Waals surface area contributed by atoms with E-state index in [0.29, 0.717) is 6.54 Å². The number of rotatable bonds is 3. The molecule has 0 fully saturated rings. The topological polar surface area (TPSA) is 12.0 Å². The zero-order valence-electron chi connectivity index (χ0n) is 6.13. The Morgan fingerprint density at radius 2 is 1.80 bits per heavy atom. The SMILES string of the molecule is CCN[C@@H](CC)C(F)(F)F. The minimum atomic E-state index is -4.09. The molecular formula is C6H12F3N. The molecule has 0 radical (unpaired) electrons. The molecular weight excluding hydrogens is 143 g/mol. The largest absolute Gasteiger partial charge is 0.403 e. The highest BCUT2D eigenvalue weighted by Gasteiger charge is 2.37. The standard InChI is InChI=1S/C6H12F3N/c1-3-5(10-4-2)6(7,8)9/h5,10H,3-4H2,1-2H3/t5-/m0/s1. The normalized spacial score (nSPS) is 15.3. The maximum Gasteiger partial charge on any atom is 0.403 e. The van der Waals surface area contributed by atoms with Crippen LogP contribution in [0.25, 0.3) is 0 Å². The van der Waals surface area contributed by atoms with Gasteiger partial charge in [-0.25, -0.2) is 0 Å². The van der Waals surface area contributed by atoms with E-state index in [0.717, 1.165) is 0 Å². The van der Waals surface area contributed by atoms with Crippen molar-refractivity contribution >= 4 is 0 Å². The van der Waals surface area contributed by atoms with Gasteiger partial charge in [0.1, 0.15) is 6.04 Å². The van der Waals surface area contributed by atoms with Crippen LogP contribution in [0.5, 0.6) is 0 Å². The van der Waals surface area contributed by atoms with Gasteiger partial charge in [-0.15, -0.1) is 0 Å². The first-order chi connectivity index (χ1) is 4.52. The number of halogens is 3. The predicted octanol–water partition coefficient (Wildman–Crippen LogP) is 1.94. The quantitative estimate of drug-likeness (QED) is 0.656. The molecule has 0 heterocycles. The highest BCUT2D eigenvalue weighted by molar-refractivity contribution is 4.71. The van der Waals surface area contributed by atoms with Crippen molar-refractivity contribution < 1.29 is 13.2 Å². The fourth-order valence-corrected chi connectivity index (χ4v) is 0.738. The van der Waals surface area contributed by atoms with Crippen LogP contribution < -0.4 is 5.32 Å². The molecule has 0 aliphatic heterocycles. The molecule has 0 unspecified atom stereocenters. The van der Waals surface area contributed by atoms with E-state index in [1.807, 2.05) is 0 Å². The molecule has 62 valence electrons. The summed E-state index contributed by atoms with van der Waals surface area (Å²) < 4.78 is 35.5. The first-order valence-corrected chi connectivity index (χ1v) is 3.32. The van der Waals surface area contributed by atoms with E-state index in [1.165, 1.54) is 6.92 Å². The average Bonchev–Trinajstić information content (AvgIpc) is 1.80. The maximum absolute atomic E-state index is 11.8. The fraction of sp³-hybridized carbons (Fsp3) is 1.00. The van der Waals surface area contributed by atoms with Gasteiger partial charge in [-0.05, 0) is 13.0 Å². The molecule has 0 rings (SSSR count). The Morgan fingerprint density at radius 3 is 1.90 bits per heavy atom. The average molecular weight is 155 g/mol. The third-order valence-corrected chi connectivity index (χ3v) is 1.25. The lowest BCUT2D eigenvalue weighted by molar-refractivity contribution is -0.156. The zero-order valence-corrected chi connectivity index (χ0v) is 6.13. The van der Waals surface area contributed by atoms with E-state index in [1.54, 1.807) is 6.92 Å². The summed E-state index contributed by atoms with van der Waals surface area (Å²) in [5, 5.41) is 2.35. The Kier molecular flexibility index (Phi) is 3.71. The number of hydrogen-bond donors (Lipinski definition) is 1. The van der Waals surface area contributed by atoms with Crippen LogP contribution in [0.3, 0.4) is 0 Å². The predicted molar refractivity (Wildman–Crippen MR) is 33.8 cm³/mol. The molecule has 0 saturated heterocycles. The molecule has 0 aliphatic rings. The first kappa shape index (κ1) is 9.75. The molecule has 1 N–H and O–H groups in total. The molecule has 0 amide bonds. The van der Waals surface area contributed by atoms with Crippen molar-refractivity contribution in [2.75, 3.05) is 6.54 Å². The van der Waals surface area contributed by atoms with E-state index in [2.05, 4.69) is 5.32 Å². The van der Waals surface area contributed by atoms with Gasteiger partial charge in [-0.3, -0.25) is 0 Å². The number of hydrogen-bond acceptors (Lipinski definition) is 1. The number of alkyl halides is 3. The van der Waals surface area contributed by atoms with Crippen LogP contribution in [0.15, 0.2) is 0 Å². The van der Waals surface area contributed by atoms with E-state index in [4.69, 9.17) is 0 Å².